The van der Waals surface area contributed by atoms with E-state index in [1.807, 2.05) is 0 Å². The Morgan fingerprint density at radius 2 is 1.97 bits per heavy atom. The van der Waals surface area contributed by atoms with E-state index in [0.29, 0.717) is 0 Å². The molecule has 0 radical (unpaired) electrons. The molecule has 3 atom stereocenters. The van der Waals surface area contributed by atoms with Crippen molar-refractivity contribution in [3.05, 3.63) is 47.8 Å². The molecule has 13 heteroatoms. The number of anilines is 1. The third-order valence-corrected chi connectivity index (χ3v) is 5.54. The SMILES string of the molecule is C[C@H]1SC(N)=N[C@](C)(c2cc(NC(=O)c3ncc(OCC(F)(F)F)cn3)ccc2F)[C@H]1F. The van der Waals surface area contributed by atoms with Crippen LogP contribution in [-0.2, 0) is 5.54 Å². The summed E-state index contributed by atoms with van der Waals surface area (Å²) in [4.78, 5) is 23.8. The van der Waals surface area contributed by atoms with Gasteiger partial charge in [-0.3, -0.25) is 4.79 Å². The zero-order valence-corrected chi connectivity index (χ0v) is 17.6. The highest BCUT2D eigenvalue weighted by atomic mass is 32.2. The van der Waals surface area contributed by atoms with Crippen LogP contribution < -0.4 is 15.8 Å². The molecular weight excluding hydrogens is 457 g/mol. The van der Waals surface area contributed by atoms with Gasteiger partial charge in [-0.2, -0.15) is 13.2 Å². The third kappa shape index (κ3) is 5.26. The van der Waals surface area contributed by atoms with Crippen LogP contribution in [0.15, 0.2) is 35.6 Å². The Balaban J connectivity index is 1.79. The van der Waals surface area contributed by atoms with Crippen molar-refractivity contribution in [3.8, 4) is 5.75 Å². The Kier molecular flexibility index (Phi) is 6.58. The number of rotatable bonds is 5. The molecule has 1 amide bonds. The molecular formula is C19H18F5N5O2S. The van der Waals surface area contributed by atoms with Crippen molar-refractivity contribution in [1.29, 1.82) is 0 Å². The lowest BCUT2D eigenvalue weighted by Gasteiger charge is -2.37. The fraction of sp³-hybridized carbons (Fsp3) is 0.368. The summed E-state index contributed by atoms with van der Waals surface area (Å²) in [6.45, 7) is 1.49. The molecule has 32 heavy (non-hydrogen) atoms. The van der Waals surface area contributed by atoms with Crippen LogP contribution in [0.4, 0.5) is 27.6 Å². The average molecular weight is 475 g/mol. The highest BCUT2D eigenvalue weighted by Gasteiger charge is 2.45. The van der Waals surface area contributed by atoms with Gasteiger partial charge in [0, 0.05) is 16.5 Å². The van der Waals surface area contributed by atoms with E-state index in [1.54, 1.807) is 6.92 Å². The van der Waals surface area contributed by atoms with Crippen LogP contribution in [0.5, 0.6) is 5.75 Å². The predicted molar refractivity (Wildman–Crippen MR) is 109 cm³/mol. The van der Waals surface area contributed by atoms with Gasteiger partial charge in [0.2, 0.25) is 5.82 Å². The maximum atomic E-state index is 15.0. The number of aliphatic imine (C=N–C) groups is 1. The van der Waals surface area contributed by atoms with E-state index >= 15 is 0 Å². The number of nitrogens with two attached hydrogens (primary N) is 1. The number of hydrogen-bond donors (Lipinski definition) is 2. The van der Waals surface area contributed by atoms with Gasteiger partial charge in [0.05, 0.1) is 12.4 Å². The van der Waals surface area contributed by atoms with Gasteiger partial charge in [-0.15, -0.1) is 0 Å². The first kappa shape index (κ1) is 23.7. The number of thioether (sulfide) groups is 1. The molecule has 0 saturated carbocycles. The van der Waals surface area contributed by atoms with Crippen LogP contribution in [0.2, 0.25) is 0 Å². The second kappa shape index (κ2) is 8.88. The number of hydrogen-bond acceptors (Lipinski definition) is 7. The van der Waals surface area contributed by atoms with Crippen molar-refractivity contribution < 1.29 is 31.5 Å². The van der Waals surface area contributed by atoms with Gasteiger partial charge >= 0.3 is 6.18 Å². The van der Waals surface area contributed by atoms with Gasteiger partial charge in [0.15, 0.2) is 17.5 Å². The van der Waals surface area contributed by atoms with Crippen molar-refractivity contribution in [2.75, 3.05) is 11.9 Å². The van der Waals surface area contributed by atoms with Gasteiger partial charge in [-0.05, 0) is 32.0 Å². The summed E-state index contributed by atoms with van der Waals surface area (Å²) in [5, 5.41) is 1.98. The topological polar surface area (TPSA) is 102 Å². The molecule has 2 aromatic rings. The summed E-state index contributed by atoms with van der Waals surface area (Å²) in [5.74, 6) is -2.19. The molecule has 2 heterocycles. The second-order valence-corrected chi connectivity index (χ2v) is 8.51. The normalized spacial score (nSPS) is 23.4. The van der Waals surface area contributed by atoms with Crippen LogP contribution in [0.3, 0.4) is 0 Å². The summed E-state index contributed by atoms with van der Waals surface area (Å²) in [6.07, 6.45) is -4.25. The molecule has 172 valence electrons. The lowest BCUT2D eigenvalue weighted by molar-refractivity contribution is -0.153. The van der Waals surface area contributed by atoms with Gasteiger partial charge in [-0.1, -0.05) is 11.8 Å². The minimum Gasteiger partial charge on any atom is -0.481 e. The van der Waals surface area contributed by atoms with Crippen molar-refractivity contribution in [2.24, 2.45) is 10.7 Å². The summed E-state index contributed by atoms with van der Waals surface area (Å²) in [5.41, 5.74) is 4.17. The lowest BCUT2D eigenvalue weighted by atomic mass is 9.85. The van der Waals surface area contributed by atoms with Crippen LogP contribution >= 0.6 is 11.8 Å². The van der Waals surface area contributed by atoms with Crippen LogP contribution in [0.25, 0.3) is 0 Å². The smallest absolute Gasteiger partial charge is 0.422 e. The average Bonchev–Trinajstić information content (AvgIpc) is 2.71. The number of carbonyl (C=O) groups is 1. The summed E-state index contributed by atoms with van der Waals surface area (Å²) >= 11 is 1.04. The first-order valence-electron chi connectivity index (χ1n) is 9.18. The highest BCUT2D eigenvalue weighted by Crippen LogP contribution is 2.42. The molecule has 0 fully saturated rings. The quantitative estimate of drug-likeness (QED) is 0.638. The van der Waals surface area contributed by atoms with Crippen molar-refractivity contribution >= 4 is 28.5 Å². The summed E-state index contributed by atoms with van der Waals surface area (Å²) in [7, 11) is 0. The number of alkyl halides is 4. The van der Waals surface area contributed by atoms with Gasteiger partial charge in [0.1, 0.15) is 17.5 Å². The van der Waals surface area contributed by atoms with Crippen LogP contribution in [-0.4, -0.2) is 45.2 Å². The standard InChI is InChI=1S/C19H18F5N5O2S/c1-9-14(21)18(2,29-17(25)32-9)12-5-10(3-4-13(12)20)28-16(30)15-26-6-11(7-27-15)31-8-19(22,23)24/h3-7,9,14H,8H2,1-2H3,(H2,25,29)(H,28,30)/t9-,14+,18-/m1/s1. The van der Waals surface area contributed by atoms with Crippen LogP contribution in [0.1, 0.15) is 30.0 Å². The third-order valence-electron chi connectivity index (χ3n) is 4.60. The Labute approximate surface area is 183 Å². The van der Waals surface area contributed by atoms with E-state index < -0.39 is 41.5 Å². The Hall–Kier alpha value is -2.96. The molecule has 1 aliphatic heterocycles. The number of nitrogens with one attached hydrogen (secondary N) is 1. The number of carbonyl (C=O) groups excluding carboxylic acids is 1. The number of ether oxygens (including phenoxy) is 1. The number of amides is 1. The van der Waals surface area contributed by atoms with E-state index in [2.05, 4.69) is 25.0 Å². The zero-order chi connectivity index (χ0) is 23.7. The Bertz CT molecular complexity index is 1030. The van der Waals surface area contributed by atoms with E-state index in [-0.39, 0.29) is 28.0 Å². The summed E-state index contributed by atoms with van der Waals surface area (Å²) < 4.78 is 70.6. The van der Waals surface area contributed by atoms with E-state index in [1.165, 1.54) is 19.1 Å². The second-order valence-electron chi connectivity index (χ2n) is 7.12. The lowest BCUT2D eigenvalue weighted by Crippen LogP contribution is -2.44. The highest BCUT2D eigenvalue weighted by molar-refractivity contribution is 8.14. The molecule has 1 aromatic heterocycles. The maximum absolute atomic E-state index is 15.0. The molecule has 0 unspecified atom stereocenters. The first-order chi connectivity index (χ1) is 14.9. The van der Waals surface area contributed by atoms with Gasteiger partial charge in [-0.25, -0.2) is 23.7 Å². The molecule has 0 aliphatic carbocycles. The molecule has 0 saturated heterocycles. The van der Waals surface area contributed by atoms with Crippen molar-refractivity contribution in [2.45, 2.75) is 37.0 Å². The molecule has 3 rings (SSSR count). The fourth-order valence-corrected chi connectivity index (χ4v) is 4.09. The monoisotopic (exact) mass is 475 g/mol. The number of amidine groups is 1. The number of aromatic nitrogens is 2. The van der Waals surface area contributed by atoms with Gasteiger partial charge in [0.25, 0.3) is 5.91 Å². The summed E-state index contributed by atoms with van der Waals surface area (Å²) in [6, 6.07) is 3.54. The minimum absolute atomic E-state index is 0.102. The Morgan fingerprint density at radius 3 is 2.59 bits per heavy atom. The molecule has 1 aromatic carbocycles. The minimum atomic E-state index is -4.53. The fourth-order valence-electron chi connectivity index (χ4n) is 3.08. The van der Waals surface area contributed by atoms with Crippen molar-refractivity contribution in [1.82, 2.24) is 9.97 Å². The van der Waals surface area contributed by atoms with E-state index in [9.17, 15) is 26.7 Å². The first-order valence-corrected chi connectivity index (χ1v) is 10.1. The van der Waals surface area contributed by atoms with Crippen LogP contribution in [0, 0.1) is 5.82 Å². The maximum Gasteiger partial charge on any atom is 0.422 e. The molecule has 0 bridgehead atoms. The number of benzene rings is 1. The van der Waals surface area contributed by atoms with E-state index in [0.717, 1.165) is 30.2 Å². The number of nitrogens with zero attached hydrogens (tertiary/aromatic N) is 3. The molecule has 7 nitrogen and oxygen atoms in total. The van der Waals surface area contributed by atoms with E-state index in [4.69, 9.17) is 5.73 Å². The van der Waals surface area contributed by atoms with Gasteiger partial charge < -0.3 is 15.8 Å². The number of halogens is 5. The molecule has 3 N–H and O–H groups in total. The zero-order valence-electron chi connectivity index (χ0n) is 16.8. The molecule has 0 spiro atoms. The Morgan fingerprint density at radius 1 is 1.31 bits per heavy atom. The predicted octanol–water partition coefficient (Wildman–Crippen LogP) is 3.81. The molecule has 1 aliphatic rings. The largest absolute Gasteiger partial charge is 0.481 e. The van der Waals surface area contributed by atoms with Crippen molar-refractivity contribution in [3.63, 3.8) is 0 Å².